The number of carbonyl (C=O) groups is 1. The molecule has 4 nitrogen and oxygen atoms in total. The summed E-state index contributed by atoms with van der Waals surface area (Å²) in [6.45, 7) is 2.42. The molecule has 106 valence electrons. The summed E-state index contributed by atoms with van der Waals surface area (Å²) >= 11 is 17.4. The van der Waals surface area contributed by atoms with Crippen molar-refractivity contribution in [2.45, 2.75) is 29.8 Å². The molecule has 0 aliphatic heterocycles. The number of hydrogen-bond acceptors (Lipinski definition) is 3. The Hall–Kier alpha value is -0.550. The van der Waals surface area contributed by atoms with Crippen LogP contribution in [0.1, 0.15) is 30.1 Å². The number of pyridine rings is 1. The Labute approximate surface area is 127 Å². The van der Waals surface area contributed by atoms with Crippen LogP contribution in [0.3, 0.4) is 0 Å². The summed E-state index contributed by atoms with van der Waals surface area (Å²) in [7, 11) is 0. The van der Waals surface area contributed by atoms with E-state index in [1.807, 2.05) is 6.92 Å². The van der Waals surface area contributed by atoms with Crippen LogP contribution >= 0.6 is 34.8 Å². The Morgan fingerprint density at radius 1 is 1.53 bits per heavy atom. The Balaban J connectivity index is 2.64. The normalized spacial score (nSPS) is 13.1. The molecule has 1 heterocycles. The van der Waals surface area contributed by atoms with Gasteiger partial charge in [0, 0.05) is 19.0 Å². The second kappa shape index (κ2) is 7.90. The number of carbonyl (C=O) groups excluding carboxylic acids is 1. The number of aromatic nitrogens is 1. The summed E-state index contributed by atoms with van der Waals surface area (Å²) in [5.41, 5.74) is 0.376. The van der Waals surface area contributed by atoms with Gasteiger partial charge in [-0.2, -0.15) is 0 Å². The van der Waals surface area contributed by atoms with Gasteiger partial charge in [0.1, 0.15) is 0 Å². The Bertz CT molecular complexity index is 396. The summed E-state index contributed by atoms with van der Waals surface area (Å²) in [6.07, 6.45) is 3.76. The first-order valence-corrected chi connectivity index (χ1v) is 6.97. The highest BCUT2D eigenvalue weighted by Gasteiger charge is 2.35. The summed E-state index contributed by atoms with van der Waals surface area (Å²) in [4.78, 5) is 15.8. The van der Waals surface area contributed by atoms with Crippen molar-refractivity contribution in [3.05, 3.63) is 30.1 Å². The highest BCUT2D eigenvalue weighted by atomic mass is 35.6. The van der Waals surface area contributed by atoms with E-state index in [-0.39, 0.29) is 0 Å². The van der Waals surface area contributed by atoms with Crippen molar-refractivity contribution in [1.82, 2.24) is 10.3 Å². The van der Waals surface area contributed by atoms with Gasteiger partial charge in [0.2, 0.25) is 3.79 Å². The number of hydrogen-bond donors (Lipinski definition) is 1. The number of nitrogens with one attached hydrogen (secondary N) is 1. The van der Waals surface area contributed by atoms with E-state index in [9.17, 15) is 4.79 Å². The van der Waals surface area contributed by atoms with Crippen molar-refractivity contribution in [1.29, 1.82) is 0 Å². The molecule has 1 N–H and O–H groups in total. The van der Waals surface area contributed by atoms with Crippen LogP contribution < -0.4 is 5.32 Å². The van der Waals surface area contributed by atoms with Gasteiger partial charge in [0.25, 0.3) is 5.91 Å². The van der Waals surface area contributed by atoms with Crippen LogP contribution in [0.25, 0.3) is 0 Å². The number of nitrogens with zero attached hydrogens (tertiary/aromatic N) is 1. The summed E-state index contributed by atoms with van der Waals surface area (Å²) in [5, 5.41) is 2.54. The second-order valence-corrected chi connectivity index (χ2v) is 6.23. The predicted molar refractivity (Wildman–Crippen MR) is 76.6 cm³/mol. The Kier molecular flexibility index (Phi) is 6.86. The molecule has 0 saturated heterocycles. The molecule has 7 heteroatoms. The number of alkyl halides is 3. The number of halogens is 3. The Morgan fingerprint density at radius 2 is 2.26 bits per heavy atom. The quantitative estimate of drug-likeness (QED) is 0.496. The number of unbranched alkanes of at least 4 members (excludes halogenated alkanes) is 1. The monoisotopic (exact) mass is 324 g/mol. The zero-order chi connectivity index (χ0) is 14.3. The summed E-state index contributed by atoms with van der Waals surface area (Å²) in [5.74, 6) is -0.402. The number of ether oxygens (including phenoxy) is 1. The molecule has 0 bridgehead atoms. The van der Waals surface area contributed by atoms with Crippen molar-refractivity contribution in [3.8, 4) is 0 Å². The van der Waals surface area contributed by atoms with Crippen molar-refractivity contribution in [3.63, 3.8) is 0 Å². The van der Waals surface area contributed by atoms with Crippen molar-refractivity contribution >= 4 is 40.7 Å². The van der Waals surface area contributed by atoms with E-state index in [1.54, 1.807) is 18.3 Å². The highest BCUT2D eigenvalue weighted by Crippen LogP contribution is 2.31. The van der Waals surface area contributed by atoms with E-state index in [0.29, 0.717) is 12.2 Å². The minimum atomic E-state index is -1.73. The number of rotatable bonds is 6. The van der Waals surface area contributed by atoms with Gasteiger partial charge in [-0.3, -0.25) is 9.78 Å². The second-order valence-electron chi connectivity index (χ2n) is 3.86. The minimum absolute atomic E-state index is 0.376. The molecule has 0 aromatic carbocycles. The van der Waals surface area contributed by atoms with Crippen molar-refractivity contribution in [2.24, 2.45) is 0 Å². The summed E-state index contributed by atoms with van der Waals surface area (Å²) < 4.78 is 3.66. The lowest BCUT2D eigenvalue weighted by Crippen LogP contribution is -2.45. The number of amides is 1. The van der Waals surface area contributed by atoms with E-state index < -0.39 is 15.9 Å². The molecular formula is C12H15Cl3N2O2. The van der Waals surface area contributed by atoms with E-state index in [2.05, 4.69) is 10.3 Å². The Morgan fingerprint density at radius 3 is 2.79 bits per heavy atom. The standard InChI is InChI=1S/C12H15Cl3N2O2/c1-2-3-7-19-11(12(13,14)15)17-10(18)9-5-4-6-16-8-9/h4-6,8,11H,2-3,7H2,1H3,(H,17,18). The van der Waals surface area contributed by atoms with Crippen LogP contribution in [-0.4, -0.2) is 27.5 Å². The van der Waals surface area contributed by atoms with E-state index in [1.165, 1.54) is 6.20 Å². The predicted octanol–water partition coefficient (Wildman–Crippen LogP) is 3.32. The average molecular weight is 326 g/mol. The lowest BCUT2D eigenvalue weighted by molar-refractivity contribution is 0.0286. The maximum Gasteiger partial charge on any atom is 0.254 e. The van der Waals surface area contributed by atoms with Gasteiger partial charge in [-0.25, -0.2) is 0 Å². The van der Waals surface area contributed by atoms with Gasteiger partial charge < -0.3 is 10.1 Å². The molecule has 19 heavy (non-hydrogen) atoms. The molecule has 0 spiro atoms. The van der Waals surface area contributed by atoms with E-state index in [4.69, 9.17) is 39.5 Å². The minimum Gasteiger partial charge on any atom is -0.354 e. The van der Waals surface area contributed by atoms with Gasteiger partial charge in [0.15, 0.2) is 6.23 Å². The first-order chi connectivity index (χ1) is 8.95. The topological polar surface area (TPSA) is 51.2 Å². The smallest absolute Gasteiger partial charge is 0.254 e. The molecule has 1 aromatic rings. The van der Waals surface area contributed by atoms with Crippen LogP contribution in [0.4, 0.5) is 0 Å². The van der Waals surface area contributed by atoms with Gasteiger partial charge in [-0.15, -0.1) is 0 Å². The zero-order valence-corrected chi connectivity index (χ0v) is 12.7. The maximum atomic E-state index is 11.9. The third kappa shape index (κ3) is 5.95. The van der Waals surface area contributed by atoms with Crippen molar-refractivity contribution < 1.29 is 9.53 Å². The lowest BCUT2D eigenvalue weighted by Gasteiger charge is -2.25. The average Bonchev–Trinajstić information content (AvgIpc) is 2.37. The molecule has 0 saturated carbocycles. The van der Waals surface area contributed by atoms with Crippen LogP contribution in [0.15, 0.2) is 24.5 Å². The molecule has 0 aliphatic rings. The molecule has 0 radical (unpaired) electrons. The molecule has 0 aliphatic carbocycles. The molecule has 1 aromatic heterocycles. The first kappa shape index (κ1) is 16.5. The third-order valence-electron chi connectivity index (χ3n) is 2.27. The van der Waals surface area contributed by atoms with Gasteiger partial charge >= 0.3 is 0 Å². The fraction of sp³-hybridized carbons (Fsp3) is 0.500. The zero-order valence-electron chi connectivity index (χ0n) is 10.4. The molecule has 1 amide bonds. The van der Waals surface area contributed by atoms with E-state index in [0.717, 1.165) is 12.8 Å². The van der Waals surface area contributed by atoms with Crippen LogP contribution in [-0.2, 0) is 4.74 Å². The summed E-state index contributed by atoms with van der Waals surface area (Å²) in [6, 6.07) is 3.26. The maximum absolute atomic E-state index is 11.9. The fourth-order valence-electron chi connectivity index (χ4n) is 1.26. The van der Waals surface area contributed by atoms with Gasteiger partial charge in [-0.1, -0.05) is 48.1 Å². The molecule has 1 rings (SSSR count). The van der Waals surface area contributed by atoms with Gasteiger partial charge in [0.05, 0.1) is 5.56 Å². The van der Waals surface area contributed by atoms with Crippen LogP contribution in [0, 0.1) is 0 Å². The molecular weight excluding hydrogens is 311 g/mol. The van der Waals surface area contributed by atoms with Crippen LogP contribution in [0.2, 0.25) is 0 Å². The molecule has 1 unspecified atom stereocenters. The molecule has 0 fully saturated rings. The third-order valence-corrected chi connectivity index (χ3v) is 2.86. The first-order valence-electron chi connectivity index (χ1n) is 5.84. The lowest BCUT2D eigenvalue weighted by atomic mass is 10.2. The largest absolute Gasteiger partial charge is 0.354 e. The van der Waals surface area contributed by atoms with Crippen LogP contribution in [0.5, 0.6) is 0 Å². The molecule has 1 atom stereocenters. The van der Waals surface area contributed by atoms with Crippen molar-refractivity contribution in [2.75, 3.05) is 6.61 Å². The SMILES string of the molecule is CCCCOC(NC(=O)c1cccnc1)C(Cl)(Cl)Cl. The van der Waals surface area contributed by atoms with Gasteiger partial charge in [-0.05, 0) is 18.6 Å². The van der Waals surface area contributed by atoms with E-state index >= 15 is 0 Å². The fourth-order valence-corrected chi connectivity index (χ4v) is 1.62. The highest BCUT2D eigenvalue weighted by molar-refractivity contribution is 6.68.